The average molecular weight is 759 g/mol. The van der Waals surface area contributed by atoms with Gasteiger partial charge in [-0.3, -0.25) is 0 Å². The highest BCUT2D eigenvalue weighted by Crippen LogP contribution is 2.55. The molecule has 0 N–H and O–H groups in total. The Hall–Kier alpha value is -8.04. The fraction of sp³-hybridized carbons (Fsp3) is 0.0345. The van der Waals surface area contributed by atoms with Crippen LogP contribution in [0.5, 0.6) is 0 Å². The molecule has 0 saturated heterocycles. The van der Waals surface area contributed by atoms with Crippen molar-refractivity contribution in [3.63, 3.8) is 0 Å². The van der Waals surface area contributed by atoms with Crippen molar-refractivity contribution >= 4 is 75.4 Å². The molecule has 12 aromatic carbocycles. The molecule has 0 bridgehead atoms. The molecular formula is C58H34N2. The van der Waals surface area contributed by atoms with Gasteiger partial charge >= 0.3 is 0 Å². The molecule has 0 aromatic heterocycles. The number of benzene rings is 10. The van der Waals surface area contributed by atoms with Gasteiger partial charge in [0.25, 0.3) is 0 Å². The van der Waals surface area contributed by atoms with Gasteiger partial charge in [-0.1, -0.05) is 146 Å². The minimum Gasteiger partial charge on any atom is -0.192 e. The molecule has 0 amide bonds. The monoisotopic (exact) mass is 758 g/mol. The van der Waals surface area contributed by atoms with Gasteiger partial charge in [0.2, 0.25) is 0 Å². The van der Waals surface area contributed by atoms with Crippen LogP contribution < -0.4 is 0 Å². The van der Waals surface area contributed by atoms with E-state index in [1.807, 2.05) is 12.1 Å². The summed E-state index contributed by atoms with van der Waals surface area (Å²) < 4.78 is 0. The van der Waals surface area contributed by atoms with Gasteiger partial charge in [-0.05, 0) is 169 Å². The highest BCUT2D eigenvalue weighted by molar-refractivity contribution is 6.45. The van der Waals surface area contributed by atoms with Crippen LogP contribution in [0, 0.1) is 36.5 Å². The third kappa shape index (κ3) is 4.68. The van der Waals surface area contributed by atoms with Gasteiger partial charge in [-0.2, -0.15) is 10.5 Å². The summed E-state index contributed by atoms with van der Waals surface area (Å²) in [7, 11) is 0. The van der Waals surface area contributed by atoms with E-state index >= 15 is 0 Å². The van der Waals surface area contributed by atoms with Crippen molar-refractivity contribution in [3.8, 4) is 56.6 Å². The van der Waals surface area contributed by atoms with Crippen molar-refractivity contribution in [1.29, 1.82) is 10.5 Å². The van der Waals surface area contributed by atoms with E-state index in [1.54, 1.807) is 6.07 Å². The molecule has 12 rings (SSSR count). The zero-order valence-electron chi connectivity index (χ0n) is 33.1. The van der Waals surface area contributed by atoms with Crippen LogP contribution >= 0.6 is 0 Å². The molecule has 0 aliphatic carbocycles. The number of rotatable bonds is 4. The van der Waals surface area contributed by atoms with E-state index in [1.165, 1.54) is 109 Å². The largest absolute Gasteiger partial charge is 0.192 e. The summed E-state index contributed by atoms with van der Waals surface area (Å²) in [4.78, 5) is 0. The van der Waals surface area contributed by atoms with E-state index < -0.39 is 0 Å². The predicted octanol–water partition coefficient (Wildman–Crippen LogP) is 15.7. The molecule has 0 fully saturated rings. The maximum Gasteiger partial charge on any atom is 0.0992 e. The Labute approximate surface area is 347 Å². The predicted molar refractivity (Wildman–Crippen MR) is 252 cm³/mol. The molecule has 2 heteroatoms. The van der Waals surface area contributed by atoms with Crippen LogP contribution in [-0.4, -0.2) is 0 Å². The van der Waals surface area contributed by atoms with E-state index in [0.717, 1.165) is 22.3 Å². The van der Waals surface area contributed by atoms with Gasteiger partial charge in [0.05, 0.1) is 23.3 Å². The lowest BCUT2D eigenvalue weighted by Gasteiger charge is -2.19. The quantitative estimate of drug-likeness (QED) is 0.168. The van der Waals surface area contributed by atoms with Crippen LogP contribution in [0.15, 0.2) is 170 Å². The van der Waals surface area contributed by atoms with Crippen molar-refractivity contribution in [2.75, 3.05) is 0 Å². The number of hydrogen-bond donors (Lipinski definition) is 0. The second kappa shape index (κ2) is 12.7. The van der Waals surface area contributed by atoms with E-state index in [0.29, 0.717) is 11.1 Å². The molecule has 0 saturated carbocycles. The summed E-state index contributed by atoms with van der Waals surface area (Å²) in [6.07, 6.45) is 0. The van der Waals surface area contributed by atoms with Crippen LogP contribution in [0.4, 0.5) is 0 Å². The number of hydrogen-bond acceptors (Lipinski definition) is 2. The first kappa shape index (κ1) is 34.0. The number of nitrogens with zero attached hydrogens (tertiary/aromatic N) is 2. The average Bonchev–Trinajstić information content (AvgIpc) is 3.80. The van der Waals surface area contributed by atoms with Crippen molar-refractivity contribution in [1.82, 2.24) is 0 Å². The van der Waals surface area contributed by atoms with Crippen LogP contribution in [0.1, 0.15) is 22.3 Å². The smallest absolute Gasteiger partial charge is 0.0992 e. The first-order chi connectivity index (χ1) is 29.5. The van der Waals surface area contributed by atoms with E-state index in [4.69, 9.17) is 0 Å². The topological polar surface area (TPSA) is 47.6 Å². The summed E-state index contributed by atoms with van der Waals surface area (Å²) in [6.45, 7) is 4.35. The Morgan fingerprint density at radius 2 is 0.783 bits per heavy atom. The molecule has 0 heterocycles. The normalized spacial score (nSPS) is 11.8. The van der Waals surface area contributed by atoms with Gasteiger partial charge in [-0.15, -0.1) is 0 Å². The maximum atomic E-state index is 9.71. The molecule has 0 unspecified atom stereocenters. The second-order valence-electron chi connectivity index (χ2n) is 16.2. The standard InChI is InChI=1S/C58H34N2/c1-33-25-39(40-28-35(31-59)27-36(29-40)32-60)26-34(2)51(33)45-23-24-48-54-44(45)20-12-22-47(54)58-53(38-15-7-4-8-16-38)56-46-21-11-19-43-41-17-9-10-18-42(41)49(55(43)46)30-50(56)52(57(48)58)37-13-5-3-6-14-37/h3-30H,1-2H3. The lowest BCUT2D eigenvalue weighted by Crippen LogP contribution is -1.93. The summed E-state index contributed by atoms with van der Waals surface area (Å²) in [5.74, 6) is 0. The lowest BCUT2D eigenvalue weighted by atomic mass is 9.84. The third-order valence-electron chi connectivity index (χ3n) is 13.0. The molecule has 12 aromatic rings. The molecule has 2 nitrogen and oxygen atoms in total. The number of aryl methyl sites for hydroxylation is 2. The number of fused-ring (bicyclic) bond motifs is 8. The summed E-state index contributed by atoms with van der Waals surface area (Å²) in [6, 6.07) is 66.1. The van der Waals surface area contributed by atoms with Crippen LogP contribution in [0.2, 0.25) is 0 Å². The van der Waals surface area contributed by atoms with Gasteiger partial charge in [0, 0.05) is 0 Å². The zero-order chi connectivity index (χ0) is 40.2. The maximum absolute atomic E-state index is 9.71. The van der Waals surface area contributed by atoms with Crippen LogP contribution in [0.25, 0.3) is 120 Å². The summed E-state index contributed by atoms with van der Waals surface area (Å²) >= 11 is 0. The van der Waals surface area contributed by atoms with E-state index in [-0.39, 0.29) is 0 Å². The van der Waals surface area contributed by atoms with E-state index in [2.05, 4.69) is 178 Å². The molecule has 0 spiro atoms. The minimum absolute atomic E-state index is 0.486. The van der Waals surface area contributed by atoms with Crippen molar-refractivity contribution < 1.29 is 0 Å². The van der Waals surface area contributed by atoms with E-state index in [9.17, 15) is 10.5 Å². The highest BCUT2D eigenvalue weighted by Gasteiger charge is 2.27. The van der Waals surface area contributed by atoms with Gasteiger partial charge in [0.15, 0.2) is 0 Å². The van der Waals surface area contributed by atoms with Crippen LogP contribution in [0.3, 0.4) is 0 Å². The fourth-order valence-corrected chi connectivity index (χ4v) is 10.7. The molecular weight excluding hydrogens is 725 g/mol. The third-order valence-corrected chi connectivity index (χ3v) is 13.0. The summed E-state index contributed by atoms with van der Waals surface area (Å²) in [5.41, 5.74) is 12.5. The van der Waals surface area contributed by atoms with Crippen LogP contribution in [-0.2, 0) is 0 Å². The van der Waals surface area contributed by atoms with Crippen molar-refractivity contribution in [2.45, 2.75) is 13.8 Å². The molecule has 0 atom stereocenters. The Balaban J connectivity index is 1.24. The van der Waals surface area contributed by atoms with Crippen molar-refractivity contribution in [3.05, 3.63) is 192 Å². The molecule has 0 aliphatic rings. The second-order valence-corrected chi connectivity index (χ2v) is 16.2. The first-order valence-corrected chi connectivity index (χ1v) is 20.5. The Kier molecular flexibility index (Phi) is 7.22. The van der Waals surface area contributed by atoms with Gasteiger partial charge in [0.1, 0.15) is 0 Å². The zero-order valence-corrected chi connectivity index (χ0v) is 33.1. The fourth-order valence-electron chi connectivity index (χ4n) is 10.7. The van der Waals surface area contributed by atoms with Gasteiger partial charge in [-0.25, -0.2) is 0 Å². The molecule has 0 radical (unpaired) electrons. The lowest BCUT2D eigenvalue weighted by molar-refractivity contribution is 1.38. The molecule has 276 valence electrons. The van der Waals surface area contributed by atoms with Crippen molar-refractivity contribution in [2.24, 2.45) is 0 Å². The molecule has 0 aliphatic heterocycles. The minimum atomic E-state index is 0.486. The molecule has 60 heavy (non-hydrogen) atoms. The SMILES string of the molecule is Cc1cc(-c2cc(C#N)cc(C#N)c2)cc(C)c1-c1ccc2c3c(-c4ccccc4)c4cc5c6ccccc6c6cccc(c4c(-c4ccccc4)c3c3cccc1c23)c65. The number of nitriles is 2. The summed E-state index contributed by atoms with van der Waals surface area (Å²) in [5, 5.41) is 37.4. The highest BCUT2D eigenvalue weighted by atomic mass is 14.3. The Morgan fingerprint density at radius 1 is 0.300 bits per heavy atom. The Bertz CT molecular complexity index is 3790. The first-order valence-electron chi connectivity index (χ1n) is 20.5. The van der Waals surface area contributed by atoms with Gasteiger partial charge < -0.3 is 0 Å². The Morgan fingerprint density at radius 3 is 1.43 bits per heavy atom.